The predicted molar refractivity (Wildman–Crippen MR) is 132 cm³/mol. The molecule has 2 aromatic rings. The first-order valence-corrected chi connectivity index (χ1v) is 11.6. The van der Waals surface area contributed by atoms with Crippen LogP contribution < -0.4 is 0 Å². The van der Waals surface area contributed by atoms with Gasteiger partial charge in [-0.1, -0.05) is 54.6 Å². The molecule has 0 aliphatic carbocycles. The summed E-state index contributed by atoms with van der Waals surface area (Å²) in [5.74, 6) is -0.353. The molecular formula is C28H35NO5. The van der Waals surface area contributed by atoms with Crippen molar-refractivity contribution in [3.8, 4) is 0 Å². The van der Waals surface area contributed by atoms with Crippen LogP contribution in [0.5, 0.6) is 0 Å². The topological polar surface area (TPSA) is 65.1 Å². The molecule has 34 heavy (non-hydrogen) atoms. The quantitative estimate of drug-likeness (QED) is 0.463. The fourth-order valence-corrected chi connectivity index (χ4v) is 4.20. The van der Waals surface area contributed by atoms with Crippen molar-refractivity contribution in [1.82, 2.24) is 4.90 Å². The van der Waals surface area contributed by atoms with Crippen LogP contribution in [0.25, 0.3) is 6.08 Å². The number of esters is 1. The van der Waals surface area contributed by atoms with Gasteiger partial charge in [0.2, 0.25) is 0 Å². The second-order valence-corrected chi connectivity index (χ2v) is 9.91. The number of carbonyl (C=O) groups is 2. The van der Waals surface area contributed by atoms with E-state index >= 15 is 0 Å². The van der Waals surface area contributed by atoms with Crippen molar-refractivity contribution >= 4 is 18.1 Å². The van der Waals surface area contributed by atoms with Gasteiger partial charge in [0, 0.05) is 0 Å². The van der Waals surface area contributed by atoms with Crippen LogP contribution in [0.4, 0.5) is 4.79 Å². The lowest BCUT2D eigenvalue weighted by atomic mass is 9.97. The summed E-state index contributed by atoms with van der Waals surface area (Å²) in [4.78, 5) is 26.6. The zero-order chi connectivity index (χ0) is 24.9. The lowest BCUT2D eigenvalue weighted by Gasteiger charge is -2.35. The molecule has 0 bridgehead atoms. The fourth-order valence-electron chi connectivity index (χ4n) is 4.20. The van der Waals surface area contributed by atoms with Crippen molar-refractivity contribution in [2.24, 2.45) is 0 Å². The number of amides is 1. The van der Waals surface area contributed by atoms with Crippen LogP contribution in [0.15, 0.2) is 60.7 Å². The van der Waals surface area contributed by atoms with Crippen molar-refractivity contribution in [2.75, 3.05) is 7.11 Å². The highest BCUT2D eigenvalue weighted by atomic mass is 16.6. The van der Waals surface area contributed by atoms with Crippen molar-refractivity contribution in [1.29, 1.82) is 0 Å². The maximum Gasteiger partial charge on any atom is 0.412 e. The summed E-state index contributed by atoms with van der Waals surface area (Å²) in [6.07, 6.45) is 4.91. The van der Waals surface area contributed by atoms with E-state index in [4.69, 9.17) is 14.2 Å². The Morgan fingerprint density at radius 3 is 2.29 bits per heavy atom. The number of hydrogen-bond donors (Lipinski definition) is 0. The normalized spacial score (nSPS) is 19.9. The highest BCUT2D eigenvalue weighted by Crippen LogP contribution is 2.43. The number of rotatable bonds is 6. The van der Waals surface area contributed by atoms with Gasteiger partial charge >= 0.3 is 12.1 Å². The molecule has 0 N–H and O–H groups in total. The Morgan fingerprint density at radius 2 is 1.71 bits per heavy atom. The van der Waals surface area contributed by atoms with Gasteiger partial charge in [0.15, 0.2) is 0 Å². The third-order valence-corrected chi connectivity index (χ3v) is 5.67. The second kappa shape index (κ2) is 10.4. The molecule has 2 aromatic carbocycles. The van der Waals surface area contributed by atoms with Crippen LogP contribution in [-0.4, -0.2) is 41.4 Å². The van der Waals surface area contributed by atoms with Gasteiger partial charge in [0.25, 0.3) is 0 Å². The fraction of sp³-hybridized carbons (Fsp3) is 0.429. The zero-order valence-electron chi connectivity index (χ0n) is 20.9. The van der Waals surface area contributed by atoms with Gasteiger partial charge in [0.1, 0.15) is 17.4 Å². The molecule has 1 unspecified atom stereocenters. The minimum absolute atomic E-state index is 0.182. The first-order chi connectivity index (χ1) is 16.0. The van der Waals surface area contributed by atoms with E-state index in [1.54, 1.807) is 17.0 Å². The first kappa shape index (κ1) is 25.5. The minimum atomic E-state index is -0.805. The summed E-state index contributed by atoms with van der Waals surface area (Å²) in [6, 6.07) is 17.1. The lowest BCUT2D eigenvalue weighted by molar-refractivity contribution is -0.0796. The van der Waals surface area contributed by atoms with Gasteiger partial charge in [-0.25, -0.2) is 9.59 Å². The number of ether oxygens (including phenoxy) is 3. The van der Waals surface area contributed by atoms with Crippen molar-refractivity contribution in [2.45, 2.75) is 70.9 Å². The average molecular weight is 466 g/mol. The zero-order valence-corrected chi connectivity index (χ0v) is 20.9. The maximum atomic E-state index is 13.2. The van der Waals surface area contributed by atoms with E-state index in [-0.39, 0.29) is 24.2 Å². The van der Waals surface area contributed by atoms with Gasteiger partial charge in [-0.15, -0.1) is 0 Å². The van der Waals surface area contributed by atoms with E-state index in [0.717, 1.165) is 17.5 Å². The predicted octanol–water partition coefficient (Wildman–Crippen LogP) is 6.38. The Hall–Kier alpha value is -3.12. The summed E-state index contributed by atoms with van der Waals surface area (Å²) in [7, 11) is 1.37. The van der Waals surface area contributed by atoms with E-state index < -0.39 is 11.3 Å². The Bertz CT molecular complexity index is 1010. The largest absolute Gasteiger partial charge is 0.465 e. The van der Waals surface area contributed by atoms with Crippen LogP contribution in [-0.2, 0) is 14.2 Å². The van der Waals surface area contributed by atoms with Crippen LogP contribution in [0.1, 0.15) is 75.0 Å². The third-order valence-electron chi connectivity index (χ3n) is 5.67. The number of methoxy groups -OCH3 is 1. The van der Waals surface area contributed by atoms with Crippen molar-refractivity contribution in [3.05, 3.63) is 77.4 Å². The molecule has 0 radical (unpaired) electrons. The molecule has 2 atom stereocenters. The molecule has 0 saturated carbocycles. The summed E-state index contributed by atoms with van der Waals surface area (Å²) in [5.41, 5.74) is 1.14. The Labute approximate surface area is 202 Å². The smallest absolute Gasteiger partial charge is 0.412 e. The molecular weight excluding hydrogens is 430 g/mol. The lowest BCUT2D eigenvalue weighted by Crippen LogP contribution is -2.49. The number of allylic oxidation sites excluding steroid dienone is 1. The molecule has 3 rings (SSSR count). The number of carbonyl (C=O) groups excluding carboxylic acids is 2. The van der Waals surface area contributed by atoms with Crippen molar-refractivity contribution in [3.63, 3.8) is 0 Å². The molecule has 182 valence electrons. The highest BCUT2D eigenvalue weighted by Gasteiger charge is 2.51. The minimum Gasteiger partial charge on any atom is -0.465 e. The Balaban J connectivity index is 1.78. The number of nitrogens with zero attached hydrogens (tertiary/aromatic N) is 1. The van der Waals surface area contributed by atoms with Crippen molar-refractivity contribution < 1.29 is 23.8 Å². The van der Waals surface area contributed by atoms with E-state index in [1.165, 1.54) is 7.11 Å². The molecule has 0 aromatic heterocycles. The van der Waals surface area contributed by atoms with Gasteiger partial charge in [0.05, 0.1) is 18.7 Å². The van der Waals surface area contributed by atoms with E-state index in [1.807, 2.05) is 83.2 Å². The maximum absolute atomic E-state index is 13.2. The summed E-state index contributed by atoms with van der Waals surface area (Å²) < 4.78 is 16.9. The van der Waals surface area contributed by atoms with Gasteiger partial charge in [-0.2, -0.15) is 0 Å². The number of hydrogen-bond acceptors (Lipinski definition) is 5. The van der Waals surface area contributed by atoms with E-state index in [0.29, 0.717) is 12.0 Å². The molecule has 1 aliphatic heterocycles. The summed E-state index contributed by atoms with van der Waals surface area (Å²) in [6.45, 7) is 9.42. The Morgan fingerprint density at radius 1 is 1.06 bits per heavy atom. The molecule has 1 amide bonds. The summed E-state index contributed by atoms with van der Waals surface area (Å²) in [5, 5.41) is 0. The molecule has 1 aliphatic rings. The average Bonchev–Trinajstić information content (AvgIpc) is 3.06. The van der Waals surface area contributed by atoms with Crippen LogP contribution in [0.2, 0.25) is 0 Å². The van der Waals surface area contributed by atoms with Crippen LogP contribution in [0.3, 0.4) is 0 Å². The van der Waals surface area contributed by atoms with E-state index in [9.17, 15) is 9.59 Å². The Kier molecular flexibility index (Phi) is 7.82. The number of benzene rings is 2. The highest BCUT2D eigenvalue weighted by molar-refractivity contribution is 5.89. The van der Waals surface area contributed by atoms with Gasteiger partial charge in [-0.05, 0) is 70.7 Å². The molecule has 1 saturated heterocycles. The standard InChI is InChI=1S/C28H35NO5/c1-27(2,3)34-26(31)29-23(24(33-28(29,4)5)21-13-8-7-9-14-21)15-11-10-12-20-16-18-22(19-17-20)25(30)32-6/h7-10,12-14,16-19,23-24H,11,15H2,1-6H3/t23?,24-/m1/s1. The monoisotopic (exact) mass is 465 g/mol. The SMILES string of the molecule is COC(=O)c1ccc(C=CCCC2[C@@H](c3ccccc3)OC(C)(C)N2C(=O)OC(C)(C)C)cc1. The molecule has 1 heterocycles. The van der Waals surface area contributed by atoms with Gasteiger partial charge in [-0.3, -0.25) is 4.90 Å². The van der Waals surface area contributed by atoms with Crippen LogP contribution in [0, 0.1) is 0 Å². The van der Waals surface area contributed by atoms with Gasteiger partial charge < -0.3 is 14.2 Å². The van der Waals surface area contributed by atoms with E-state index in [2.05, 4.69) is 6.08 Å². The second-order valence-electron chi connectivity index (χ2n) is 9.91. The molecule has 6 nitrogen and oxygen atoms in total. The molecule has 1 fully saturated rings. The first-order valence-electron chi connectivity index (χ1n) is 11.6. The molecule has 6 heteroatoms. The van der Waals surface area contributed by atoms with Crippen LogP contribution >= 0.6 is 0 Å². The third kappa shape index (κ3) is 6.26. The molecule has 0 spiro atoms. The summed E-state index contributed by atoms with van der Waals surface area (Å²) >= 11 is 0.